The molecule has 0 saturated heterocycles. The van der Waals surface area contributed by atoms with Crippen molar-refractivity contribution in [3.63, 3.8) is 0 Å². The molecule has 2 N–H and O–H groups in total. The molecule has 0 bridgehead atoms. The number of hydrogen-bond donors (Lipinski definition) is 1. The lowest BCUT2D eigenvalue weighted by molar-refractivity contribution is 0.0735. The Hall–Kier alpha value is -2.09. The molecule has 0 unspecified atom stereocenters. The molecule has 0 spiro atoms. The minimum atomic E-state index is -0.0460. The Balaban J connectivity index is 1.86. The lowest BCUT2D eigenvalue weighted by Gasteiger charge is -2.27. The summed E-state index contributed by atoms with van der Waals surface area (Å²) in [5.41, 5.74) is 8.12. The van der Waals surface area contributed by atoms with Crippen LogP contribution in [0.5, 0.6) is 0 Å². The molecule has 0 aliphatic carbocycles. The highest BCUT2D eigenvalue weighted by Crippen LogP contribution is 2.20. The van der Waals surface area contributed by atoms with E-state index < -0.39 is 0 Å². The van der Waals surface area contributed by atoms with E-state index in [1.54, 1.807) is 18.0 Å². The summed E-state index contributed by atoms with van der Waals surface area (Å²) in [7, 11) is 0. The lowest BCUT2D eigenvalue weighted by atomic mass is 10.1. The molecular formula is C11H12N6OS. The predicted molar refractivity (Wildman–Crippen MR) is 69.5 cm³/mol. The number of nitrogens with zero attached hydrogens (tertiary/aromatic N) is 5. The summed E-state index contributed by atoms with van der Waals surface area (Å²) in [5, 5.41) is 3.87. The van der Waals surface area contributed by atoms with Crippen molar-refractivity contribution in [1.82, 2.24) is 24.5 Å². The van der Waals surface area contributed by atoms with Gasteiger partial charge in [0.1, 0.15) is 4.88 Å². The van der Waals surface area contributed by atoms with Crippen molar-refractivity contribution in [2.45, 2.75) is 19.9 Å². The fourth-order valence-corrected chi connectivity index (χ4v) is 2.69. The molecule has 3 rings (SSSR count). The van der Waals surface area contributed by atoms with Crippen LogP contribution in [-0.4, -0.2) is 36.9 Å². The molecule has 7 nitrogen and oxygen atoms in total. The van der Waals surface area contributed by atoms with E-state index in [1.165, 1.54) is 0 Å². The number of aryl methyl sites for hydroxylation is 1. The number of anilines is 1. The topological polar surface area (TPSA) is 97.9 Å². The predicted octanol–water partition coefficient (Wildman–Crippen LogP) is 0.417. The largest absolute Gasteiger partial charge is 0.368 e. The van der Waals surface area contributed by atoms with Crippen LogP contribution in [-0.2, 0) is 13.0 Å². The second kappa shape index (κ2) is 4.54. The smallest absolute Gasteiger partial charge is 0.267 e. The number of hydrogen-bond acceptors (Lipinski definition) is 7. The molecule has 0 saturated carbocycles. The summed E-state index contributed by atoms with van der Waals surface area (Å²) in [4.78, 5) is 22.9. The van der Waals surface area contributed by atoms with Gasteiger partial charge in [-0.3, -0.25) is 4.79 Å². The molecule has 2 aromatic rings. The fraction of sp³-hybridized carbons (Fsp3) is 0.364. The van der Waals surface area contributed by atoms with Gasteiger partial charge in [-0.1, -0.05) is 4.49 Å². The number of nitrogens with two attached hydrogens (primary N) is 1. The van der Waals surface area contributed by atoms with Gasteiger partial charge in [0, 0.05) is 12.7 Å². The van der Waals surface area contributed by atoms with Gasteiger partial charge >= 0.3 is 0 Å². The van der Waals surface area contributed by atoms with Crippen LogP contribution in [0, 0.1) is 6.92 Å². The van der Waals surface area contributed by atoms with Gasteiger partial charge < -0.3 is 10.6 Å². The number of fused-ring (bicyclic) bond motifs is 1. The van der Waals surface area contributed by atoms with Crippen molar-refractivity contribution in [3.8, 4) is 0 Å². The zero-order chi connectivity index (χ0) is 13.4. The number of rotatable bonds is 1. The van der Waals surface area contributed by atoms with Gasteiger partial charge in [-0.15, -0.1) is 5.10 Å². The van der Waals surface area contributed by atoms with Crippen LogP contribution in [0.1, 0.15) is 26.6 Å². The van der Waals surface area contributed by atoms with E-state index in [2.05, 4.69) is 19.6 Å². The highest BCUT2D eigenvalue weighted by Gasteiger charge is 2.25. The van der Waals surface area contributed by atoms with Crippen molar-refractivity contribution in [2.24, 2.45) is 0 Å². The Morgan fingerprint density at radius 1 is 1.53 bits per heavy atom. The number of amides is 1. The van der Waals surface area contributed by atoms with Gasteiger partial charge in [-0.05, 0) is 30.4 Å². The van der Waals surface area contributed by atoms with E-state index >= 15 is 0 Å². The van der Waals surface area contributed by atoms with Crippen molar-refractivity contribution >= 4 is 23.4 Å². The van der Waals surface area contributed by atoms with Gasteiger partial charge in [0.2, 0.25) is 5.95 Å². The second-order valence-electron chi connectivity index (χ2n) is 4.36. The molecule has 98 valence electrons. The molecule has 0 aromatic carbocycles. The highest BCUT2D eigenvalue weighted by molar-refractivity contribution is 7.07. The molecule has 8 heteroatoms. The number of carbonyl (C=O) groups excluding carboxylic acids is 1. The maximum absolute atomic E-state index is 12.4. The molecular weight excluding hydrogens is 264 g/mol. The molecule has 1 aliphatic rings. The van der Waals surface area contributed by atoms with Crippen molar-refractivity contribution < 1.29 is 4.79 Å². The quantitative estimate of drug-likeness (QED) is 0.810. The van der Waals surface area contributed by atoms with Gasteiger partial charge in [0.05, 0.1) is 17.9 Å². The fourth-order valence-electron chi connectivity index (χ4n) is 2.06. The van der Waals surface area contributed by atoms with E-state index in [0.29, 0.717) is 23.7 Å². The Morgan fingerprint density at radius 2 is 2.37 bits per heavy atom. The summed E-state index contributed by atoms with van der Waals surface area (Å²) >= 11 is 1.13. The van der Waals surface area contributed by atoms with E-state index in [1.807, 2.05) is 0 Å². The van der Waals surface area contributed by atoms with Gasteiger partial charge in [0.25, 0.3) is 5.91 Å². The molecule has 19 heavy (non-hydrogen) atoms. The second-order valence-corrected chi connectivity index (χ2v) is 5.12. The third-order valence-corrected chi connectivity index (χ3v) is 3.91. The van der Waals surface area contributed by atoms with Crippen molar-refractivity contribution in [2.75, 3.05) is 12.3 Å². The van der Waals surface area contributed by atoms with Gasteiger partial charge in [-0.25, -0.2) is 9.97 Å². The molecule has 0 radical (unpaired) electrons. The monoisotopic (exact) mass is 276 g/mol. The normalized spacial score (nSPS) is 14.3. The van der Waals surface area contributed by atoms with Crippen LogP contribution in [0.2, 0.25) is 0 Å². The first-order valence-corrected chi connectivity index (χ1v) is 6.61. The van der Waals surface area contributed by atoms with Crippen LogP contribution < -0.4 is 5.73 Å². The van der Waals surface area contributed by atoms with Crippen LogP contribution in [0.3, 0.4) is 0 Å². The summed E-state index contributed by atoms with van der Waals surface area (Å²) in [6.07, 6.45) is 2.48. The minimum absolute atomic E-state index is 0.0460. The van der Waals surface area contributed by atoms with Crippen LogP contribution in [0.4, 0.5) is 5.95 Å². The maximum Gasteiger partial charge on any atom is 0.267 e. The molecule has 2 aromatic heterocycles. The highest BCUT2D eigenvalue weighted by atomic mass is 32.1. The minimum Gasteiger partial charge on any atom is -0.368 e. The summed E-state index contributed by atoms with van der Waals surface area (Å²) in [6.45, 7) is 2.89. The number of aromatic nitrogens is 4. The molecule has 3 heterocycles. The van der Waals surface area contributed by atoms with E-state index in [-0.39, 0.29) is 11.9 Å². The first-order valence-electron chi connectivity index (χ1n) is 5.83. The Bertz CT molecular complexity index is 640. The SMILES string of the molecule is Cc1nnsc1C(=O)N1CCc2cnc(N)nc2C1. The average molecular weight is 276 g/mol. The maximum atomic E-state index is 12.4. The zero-order valence-electron chi connectivity index (χ0n) is 10.3. The number of nitrogen functional groups attached to an aromatic ring is 1. The lowest BCUT2D eigenvalue weighted by Crippen LogP contribution is -2.36. The first-order chi connectivity index (χ1) is 9.15. The summed E-state index contributed by atoms with van der Waals surface area (Å²) in [6, 6.07) is 0. The molecule has 0 fully saturated rings. The standard InChI is InChI=1S/C11H12N6OS/c1-6-9(19-16-15-6)10(18)17-3-2-7-4-13-11(12)14-8(7)5-17/h4H,2-3,5H2,1H3,(H2,12,13,14). The van der Waals surface area contributed by atoms with Crippen LogP contribution in [0.25, 0.3) is 0 Å². The summed E-state index contributed by atoms with van der Waals surface area (Å²) in [5.74, 6) is 0.194. The van der Waals surface area contributed by atoms with E-state index in [9.17, 15) is 4.79 Å². The van der Waals surface area contributed by atoms with Crippen molar-refractivity contribution in [3.05, 3.63) is 28.0 Å². The van der Waals surface area contributed by atoms with Crippen molar-refractivity contribution in [1.29, 1.82) is 0 Å². The van der Waals surface area contributed by atoms with Gasteiger partial charge in [0.15, 0.2) is 0 Å². The molecule has 1 aliphatic heterocycles. The first kappa shape index (κ1) is 12.0. The zero-order valence-corrected chi connectivity index (χ0v) is 11.1. The van der Waals surface area contributed by atoms with E-state index in [4.69, 9.17) is 5.73 Å². The summed E-state index contributed by atoms with van der Waals surface area (Å²) < 4.78 is 3.79. The van der Waals surface area contributed by atoms with E-state index in [0.717, 1.165) is 29.2 Å². The van der Waals surface area contributed by atoms with Crippen LogP contribution in [0.15, 0.2) is 6.20 Å². The van der Waals surface area contributed by atoms with Gasteiger partial charge in [-0.2, -0.15) is 0 Å². The molecule has 0 atom stereocenters. The molecule has 1 amide bonds. The number of carbonyl (C=O) groups is 1. The Kier molecular flexibility index (Phi) is 2.86. The third kappa shape index (κ3) is 2.14. The third-order valence-electron chi connectivity index (χ3n) is 3.10. The Labute approximate surface area is 113 Å². The Morgan fingerprint density at radius 3 is 3.11 bits per heavy atom. The van der Waals surface area contributed by atoms with Crippen LogP contribution >= 0.6 is 11.5 Å². The average Bonchev–Trinajstić information content (AvgIpc) is 2.83.